The van der Waals surface area contributed by atoms with Crippen molar-refractivity contribution in [3.8, 4) is 5.75 Å². The van der Waals surface area contributed by atoms with Gasteiger partial charge in [-0.3, -0.25) is 4.79 Å². The quantitative estimate of drug-likeness (QED) is 0.473. The standard InChI is InChI=1S/C11H9NO4/c1-15-8-2-3-9-10(4-8)16-6-7(5-12-14)11(9)13/h2-6,14H,1H3. The van der Waals surface area contributed by atoms with Crippen molar-refractivity contribution in [2.75, 3.05) is 7.11 Å². The molecule has 1 heterocycles. The summed E-state index contributed by atoms with van der Waals surface area (Å²) in [6.07, 6.45) is 2.28. The lowest BCUT2D eigenvalue weighted by atomic mass is 10.2. The fourth-order valence-corrected chi connectivity index (χ4v) is 1.40. The first-order valence-electron chi connectivity index (χ1n) is 4.53. The number of ether oxygens (including phenoxy) is 1. The van der Waals surface area contributed by atoms with Gasteiger partial charge >= 0.3 is 0 Å². The highest BCUT2D eigenvalue weighted by Gasteiger charge is 2.06. The minimum Gasteiger partial charge on any atom is -0.497 e. The number of fused-ring (bicyclic) bond motifs is 1. The Morgan fingerprint density at radius 3 is 3.00 bits per heavy atom. The number of benzene rings is 1. The van der Waals surface area contributed by atoms with Gasteiger partial charge in [-0.25, -0.2) is 0 Å². The molecule has 0 aliphatic carbocycles. The van der Waals surface area contributed by atoms with E-state index in [1.807, 2.05) is 0 Å². The van der Waals surface area contributed by atoms with E-state index in [1.54, 1.807) is 18.2 Å². The Balaban J connectivity index is 2.72. The van der Waals surface area contributed by atoms with Gasteiger partial charge in [0.05, 0.1) is 24.3 Å². The third-order valence-corrected chi connectivity index (χ3v) is 2.21. The molecule has 0 atom stereocenters. The first-order chi connectivity index (χ1) is 7.76. The zero-order chi connectivity index (χ0) is 11.5. The van der Waals surface area contributed by atoms with Gasteiger partial charge in [0.25, 0.3) is 0 Å². The molecule has 0 aliphatic heterocycles. The summed E-state index contributed by atoms with van der Waals surface area (Å²) in [5, 5.41) is 11.6. The number of oxime groups is 1. The van der Waals surface area contributed by atoms with Crippen molar-refractivity contribution in [2.45, 2.75) is 0 Å². The Morgan fingerprint density at radius 2 is 2.31 bits per heavy atom. The maximum atomic E-state index is 11.8. The van der Waals surface area contributed by atoms with Crippen molar-refractivity contribution < 1.29 is 14.4 Å². The summed E-state index contributed by atoms with van der Waals surface area (Å²) in [5.41, 5.74) is 0.376. The molecule has 1 aromatic heterocycles. The van der Waals surface area contributed by atoms with Gasteiger partial charge in [-0.1, -0.05) is 5.16 Å². The summed E-state index contributed by atoms with van der Waals surface area (Å²) >= 11 is 0. The molecule has 2 aromatic rings. The van der Waals surface area contributed by atoms with Crippen molar-refractivity contribution in [1.29, 1.82) is 0 Å². The normalized spacial score (nSPS) is 11.1. The second-order valence-electron chi connectivity index (χ2n) is 3.13. The molecular weight excluding hydrogens is 210 g/mol. The van der Waals surface area contributed by atoms with Crippen LogP contribution in [0.3, 0.4) is 0 Å². The van der Waals surface area contributed by atoms with Crippen LogP contribution >= 0.6 is 0 Å². The van der Waals surface area contributed by atoms with Gasteiger partial charge in [0.1, 0.15) is 17.6 Å². The van der Waals surface area contributed by atoms with Crippen LogP contribution in [0.5, 0.6) is 5.75 Å². The van der Waals surface area contributed by atoms with Gasteiger partial charge in [-0.05, 0) is 12.1 Å². The van der Waals surface area contributed by atoms with E-state index in [2.05, 4.69) is 5.16 Å². The predicted molar refractivity (Wildman–Crippen MR) is 58.4 cm³/mol. The molecule has 5 heteroatoms. The van der Waals surface area contributed by atoms with Crippen LogP contribution in [-0.4, -0.2) is 18.5 Å². The second-order valence-corrected chi connectivity index (χ2v) is 3.13. The summed E-state index contributed by atoms with van der Waals surface area (Å²) in [6, 6.07) is 4.89. The molecule has 5 nitrogen and oxygen atoms in total. The Morgan fingerprint density at radius 1 is 1.50 bits per heavy atom. The average Bonchev–Trinajstić information content (AvgIpc) is 2.32. The largest absolute Gasteiger partial charge is 0.497 e. The molecule has 82 valence electrons. The van der Waals surface area contributed by atoms with Gasteiger partial charge in [0.2, 0.25) is 5.43 Å². The molecule has 1 N–H and O–H groups in total. The summed E-state index contributed by atoms with van der Waals surface area (Å²) in [7, 11) is 1.53. The summed E-state index contributed by atoms with van der Waals surface area (Å²) in [5.74, 6) is 0.610. The third-order valence-electron chi connectivity index (χ3n) is 2.21. The Kier molecular flexibility index (Phi) is 2.59. The van der Waals surface area contributed by atoms with E-state index in [1.165, 1.54) is 13.4 Å². The lowest BCUT2D eigenvalue weighted by Gasteiger charge is -2.01. The van der Waals surface area contributed by atoms with E-state index < -0.39 is 0 Å². The van der Waals surface area contributed by atoms with Crippen LogP contribution in [0.1, 0.15) is 5.56 Å². The minimum atomic E-state index is -0.248. The fraction of sp³-hybridized carbons (Fsp3) is 0.0909. The van der Waals surface area contributed by atoms with Gasteiger partial charge < -0.3 is 14.4 Å². The van der Waals surface area contributed by atoms with Crippen LogP contribution < -0.4 is 10.2 Å². The lowest BCUT2D eigenvalue weighted by molar-refractivity contribution is 0.321. The molecule has 0 bridgehead atoms. The molecule has 0 saturated heterocycles. The molecule has 2 rings (SSSR count). The molecule has 1 aromatic carbocycles. The van der Waals surface area contributed by atoms with Crippen LogP contribution in [0.2, 0.25) is 0 Å². The highest BCUT2D eigenvalue weighted by Crippen LogP contribution is 2.18. The maximum Gasteiger partial charge on any atom is 0.201 e. The van der Waals surface area contributed by atoms with E-state index >= 15 is 0 Å². The van der Waals surface area contributed by atoms with Gasteiger partial charge in [0.15, 0.2) is 0 Å². The van der Waals surface area contributed by atoms with Gasteiger partial charge in [-0.2, -0.15) is 0 Å². The van der Waals surface area contributed by atoms with Gasteiger partial charge in [0, 0.05) is 6.07 Å². The molecule has 16 heavy (non-hydrogen) atoms. The molecule has 0 unspecified atom stereocenters. The first kappa shape index (κ1) is 10.2. The summed E-state index contributed by atoms with van der Waals surface area (Å²) in [6.45, 7) is 0. The molecular formula is C11H9NO4. The monoisotopic (exact) mass is 219 g/mol. The average molecular weight is 219 g/mol. The van der Waals surface area contributed by atoms with E-state index in [9.17, 15) is 4.79 Å². The van der Waals surface area contributed by atoms with Crippen LogP contribution in [0.25, 0.3) is 11.0 Å². The molecule has 0 spiro atoms. The SMILES string of the molecule is COc1ccc2c(=O)c(C=NO)coc2c1. The van der Waals surface area contributed by atoms with Crippen LogP contribution in [0.4, 0.5) is 0 Å². The Bertz CT molecular complexity index is 600. The van der Waals surface area contributed by atoms with Crippen LogP contribution in [-0.2, 0) is 0 Å². The topological polar surface area (TPSA) is 72.0 Å². The number of hydrogen-bond donors (Lipinski definition) is 1. The summed E-state index contributed by atoms with van der Waals surface area (Å²) in [4.78, 5) is 11.8. The van der Waals surface area contributed by atoms with Crippen molar-refractivity contribution in [3.05, 3.63) is 40.2 Å². The molecule has 0 aliphatic rings. The number of nitrogens with zero attached hydrogens (tertiary/aromatic N) is 1. The summed E-state index contributed by atoms with van der Waals surface area (Å²) < 4.78 is 10.2. The predicted octanol–water partition coefficient (Wildman–Crippen LogP) is 1.61. The smallest absolute Gasteiger partial charge is 0.201 e. The van der Waals surface area contributed by atoms with Crippen molar-refractivity contribution in [1.82, 2.24) is 0 Å². The van der Waals surface area contributed by atoms with Crippen molar-refractivity contribution in [2.24, 2.45) is 5.16 Å². The zero-order valence-corrected chi connectivity index (χ0v) is 8.51. The van der Waals surface area contributed by atoms with E-state index in [-0.39, 0.29) is 11.0 Å². The van der Waals surface area contributed by atoms with Gasteiger partial charge in [-0.15, -0.1) is 0 Å². The van der Waals surface area contributed by atoms with Crippen molar-refractivity contribution >= 4 is 17.2 Å². The fourth-order valence-electron chi connectivity index (χ4n) is 1.40. The zero-order valence-electron chi connectivity index (χ0n) is 8.51. The molecule has 0 saturated carbocycles. The van der Waals surface area contributed by atoms with E-state index in [0.29, 0.717) is 16.7 Å². The third kappa shape index (κ3) is 1.63. The van der Waals surface area contributed by atoms with Crippen LogP contribution in [0.15, 0.2) is 38.8 Å². The van der Waals surface area contributed by atoms with Crippen molar-refractivity contribution in [3.63, 3.8) is 0 Å². The number of hydrogen-bond acceptors (Lipinski definition) is 5. The highest BCUT2D eigenvalue weighted by molar-refractivity contribution is 5.86. The minimum absolute atomic E-state index is 0.195. The number of rotatable bonds is 2. The molecule has 0 amide bonds. The lowest BCUT2D eigenvalue weighted by Crippen LogP contribution is -2.07. The second kappa shape index (κ2) is 4.06. The maximum absolute atomic E-state index is 11.8. The van der Waals surface area contributed by atoms with E-state index in [0.717, 1.165) is 6.21 Å². The van der Waals surface area contributed by atoms with E-state index in [4.69, 9.17) is 14.4 Å². The van der Waals surface area contributed by atoms with Crippen LogP contribution in [0, 0.1) is 0 Å². The highest BCUT2D eigenvalue weighted by atomic mass is 16.5. The number of methoxy groups -OCH3 is 1. The molecule has 0 fully saturated rings. The Hall–Kier alpha value is -2.30. The molecule has 0 radical (unpaired) electrons. The Labute approximate surface area is 90.6 Å². The first-order valence-corrected chi connectivity index (χ1v) is 4.53.